The molecule has 0 aliphatic rings. The summed E-state index contributed by atoms with van der Waals surface area (Å²) in [6, 6.07) is 7.32. The van der Waals surface area contributed by atoms with Crippen molar-refractivity contribution < 1.29 is 4.92 Å². The van der Waals surface area contributed by atoms with Gasteiger partial charge in [-0.2, -0.15) is 4.98 Å². The van der Waals surface area contributed by atoms with E-state index in [2.05, 4.69) is 36.5 Å². The van der Waals surface area contributed by atoms with Crippen molar-refractivity contribution in [1.82, 2.24) is 9.97 Å². The van der Waals surface area contributed by atoms with Gasteiger partial charge in [0.15, 0.2) is 0 Å². The number of hydrogen-bond donors (Lipinski definition) is 2. The maximum atomic E-state index is 11.2. The molecule has 0 atom stereocenters. The molecule has 2 N–H and O–H groups in total. The van der Waals surface area contributed by atoms with E-state index >= 15 is 0 Å². The van der Waals surface area contributed by atoms with E-state index in [4.69, 9.17) is 0 Å². The van der Waals surface area contributed by atoms with Crippen LogP contribution in [0.1, 0.15) is 12.6 Å². The molecule has 2 rings (SSSR count). The van der Waals surface area contributed by atoms with Gasteiger partial charge in [0.1, 0.15) is 5.69 Å². The molecule has 0 saturated heterocycles. The lowest BCUT2D eigenvalue weighted by molar-refractivity contribution is -0.385. The average Bonchev–Trinajstić information content (AvgIpc) is 2.38. The maximum absolute atomic E-state index is 11.2. The van der Waals surface area contributed by atoms with Crippen LogP contribution in [0, 0.1) is 17.0 Å². The zero-order chi connectivity index (χ0) is 15.4. The lowest BCUT2D eigenvalue weighted by atomic mass is 10.3. The highest BCUT2D eigenvalue weighted by Gasteiger charge is 2.22. The van der Waals surface area contributed by atoms with E-state index in [1.807, 2.05) is 25.1 Å². The van der Waals surface area contributed by atoms with Crippen LogP contribution in [0.2, 0.25) is 0 Å². The number of benzene rings is 1. The largest absolute Gasteiger partial charge is 0.354 e. The summed E-state index contributed by atoms with van der Waals surface area (Å²) in [7, 11) is 0. The summed E-state index contributed by atoms with van der Waals surface area (Å²) in [5.41, 5.74) is 0.882. The zero-order valence-corrected chi connectivity index (χ0v) is 13.1. The monoisotopic (exact) mass is 351 g/mol. The van der Waals surface area contributed by atoms with Crippen LogP contribution >= 0.6 is 15.9 Å². The third-order valence-electron chi connectivity index (χ3n) is 2.66. The number of hydrogen-bond acceptors (Lipinski definition) is 6. The predicted molar refractivity (Wildman–Crippen MR) is 85.0 cm³/mol. The summed E-state index contributed by atoms with van der Waals surface area (Å²) in [5, 5.41) is 17.2. The van der Waals surface area contributed by atoms with Crippen molar-refractivity contribution >= 4 is 39.1 Å². The third-order valence-corrected chi connectivity index (χ3v) is 3.16. The maximum Gasteiger partial charge on any atom is 0.332 e. The highest BCUT2D eigenvalue weighted by atomic mass is 79.9. The topological polar surface area (TPSA) is 93.0 Å². The van der Waals surface area contributed by atoms with Crippen molar-refractivity contribution in [2.45, 2.75) is 13.8 Å². The lowest BCUT2D eigenvalue weighted by Gasteiger charge is -2.10. The molecule has 21 heavy (non-hydrogen) atoms. The summed E-state index contributed by atoms with van der Waals surface area (Å²) >= 11 is 3.36. The molecular weight excluding hydrogens is 338 g/mol. The predicted octanol–water partition coefficient (Wildman–Crippen LogP) is 3.63. The van der Waals surface area contributed by atoms with E-state index in [-0.39, 0.29) is 11.5 Å². The van der Waals surface area contributed by atoms with Crippen molar-refractivity contribution in [1.29, 1.82) is 0 Å². The Balaban J connectivity index is 2.46. The molecule has 0 spiro atoms. The fourth-order valence-electron chi connectivity index (χ4n) is 1.81. The summed E-state index contributed by atoms with van der Waals surface area (Å²) in [4.78, 5) is 19.0. The Morgan fingerprint density at radius 1 is 1.38 bits per heavy atom. The average molecular weight is 352 g/mol. The minimum Gasteiger partial charge on any atom is -0.354 e. The fraction of sp³-hybridized carbons (Fsp3) is 0.231. The van der Waals surface area contributed by atoms with Gasteiger partial charge in [0.25, 0.3) is 0 Å². The van der Waals surface area contributed by atoms with E-state index in [0.717, 1.165) is 4.47 Å². The molecule has 0 saturated carbocycles. The molecule has 7 nitrogen and oxygen atoms in total. The van der Waals surface area contributed by atoms with Crippen LogP contribution in [0.15, 0.2) is 28.7 Å². The minimum atomic E-state index is -0.481. The molecule has 0 aliphatic heterocycles. The minimum absolute atomic E-state index is 0.128. The molecule has 1 heterocycles. The quantitative estimate of drug-likeness (QED) is 0.631. The second-order valence-electron chi connectivity index (χ2n) is 4.25. The van der Waals surface area contributed by atoms with Crippen molar-refractivity contribution in [3.63, 3.8) is 0 Å². The van der Waals surface area contributed by atoms with Crippen LogP contribution in [-0.4, -0.2) is 21.4 Å². The summed E-state index contributed by atoms with van der Waals surface area (Å²) in [6.45, 7) is 4.13. The van der Waals surface area contributed by atoms with Gasteiger partial charge >= 0.3 is 5.69 Å². The number of halogens is 1. The van der Waals surface area contributed by atoms with Gasteiger partial charge in [-0.15, -0.1) is 0 Å². The van der Waals surface area contributed by atoms with E-state index in [9.17, 15) is 10.1 Å². The number of nitrogens with zero attached hydrogens (tertiary/aromatic N) is 3. The van der Waals surface area contributed by atoms with Crippen molar-refractivity contribution in [2.75, 3.05) is 17.2 Å². The van der Waals surface area contributed by atoms with Gasteiger partial charge in [-0.25, -0.2) is 4.98 Å². The van der Waals surface area contributed by atoms with Gasteiger partial charge < -0.3 is 10.6 Å². The van der Waals surface area contributed by atoms with Gasteiger partial charge in [-0.05, 0) is 32.0 Å². The molecule has 2 aromatic rings. The van der Waals surface area contributed by atoms with Gasteiger partial charge in [0.05, 0.1) is 4.92 Å². The first-order valence-electron chi connectivity index (χ1n) is 6.30. The highest BCUT2D eigenvalue weighted by Crippen LogP contribution is 2.29. The SMILES string of the molecule is CCNc1nc(C)c([N+](=O)[O-])c(Nc2cccc(Br)c2)n1. The standard InChI is InChI=1S/C13H14BrN5O2/c1-3-15-13-16-8(2)11(19(20)21)12(18-13)17-10-6-4-5-9(14)7-10/h4-7H,3H2,1-2H3,(H2,15,16,17,18). The van der Waals surface area contributed by atoms with Crippen LogP contribution in [0.4, 0.5) is 23.1 Å². The molecule has 1 aromatic carbocycles. The highest BCUT2D eigenvalue weighted by molar-refractivity contribution is 9.10. The molecule has 8 heteroatoms. The Hall–Kier alpha value is -2.22. The number of aromatic nitrogens is 2. The second kappa shape index (κ2) is 6.49. The Labute approximate surface area is 130 Å². The van der Waals surface area contributed by atoms with Gasteiger partial charge in [0, 0.05) is 16.7 Å². The lowest BCUT2D eigenvalue weighted by Crippen LogP contribution is -2.09. The molecule has 0 fully saturated rings. The van der Waals surface area contributed by atoms with Crippen molar-refractivity contribution in [3.05, 3.63) is 44.5 Å². The Kier molecular flexibility index (Phi) is 4.69. The van der Waals surface area contributed by atoms with Crippen LogP contribution in [0.5, 0.6) is 0 Å². The molecule has 0 amide bonds. The Morgan fingerprint density at radius 2 is 2.14 bits per heavy atom. The molecular formula is C13H14BrN5O2. The normalized spacial score (nSPS) is 10.2. The number of aryl methyl sites for hydroxylation is 1. The van der Waals surface area contributed by atoms with E-state index in [1.165, 1.54) is 0 Å². The van der Waals surface area contributed by atoms with E-state index < -0.39 is 4.92 Å². The molecule has 110 valence electrons. The van der Waals surface area contributed by atoms with Crippen LogP contribution < -0.4 is 10.6 Å². The molecule has 0 radical (unpaired) electrons. The number of nitro groups is 1. The van der Waals surface area contributed by atoms with E-state index in [1.54, 1.807) is 13.0 Å². The third kappa shape index (κ3) is 3.66. The van der Waals surface area contributed by atoms with E-state index in [0.29, 0.717) is 23.9 Å². The first-order valence-corrected chi connectivity index (χ1v) is 7.10. The number of nitrogens with one attached hydrogen (secondary N) is 2. The smallest absolute Gasteiger partial charge is 0.332 e. The number of rotatable bonds is 5. The van der Waals surface area contributed by atoms with Crippen LogP contribution in [0.3, 0.4) is 0 Å². The Morgan fingerprint density at radius 3 is 2.76 bits per heavy atom. The first kappa shape index (κ1) is 15.2. The van der Waals surface area contributed by atoms with Gasteiger partial charge in [-0.3, -0.25) is 10.1 Å². The summed E-state index contributed by atoms with van der Waals surface area (Å²) < 4.78 is 0.868. The van der Waals surface area contributed by atoms with Gasteiger partial charge in [-0.1, -0.05) is 22.0 Å². The fourth-order valence-corrected chi connectivity index (χ4v) is 2.21. The molecule has 0 aliphatic carbocycles. The van der Waals surface area contributed by atoms with Crippen LogP contribution in [-0.2, 0) is 0 Å². The van der Waals surface area contributed by atoms with Crippen LogP contribution in [0.25, 0.3) is 0 Å². The van der Waals surface area contributed by atoms with Gasteiger partial charge in [0.2, 0.25) is 11.8 Å². The molecule has 0 unspecified atom stereocenters. The molecule has 0 bridgehead atoms. The zero-order valence-electron chi connectivity index (χ0n) is 11.6. The first-order chi connectivity index (χ1) is 10.0. The Bertz CT molecular complexity index is 678. The number of anilines is 3. The summed E-state index contributed by atoms with van der Waals surface area (Å²) in [5.74, 6) is 0.527. The second-order valence-corrected chi connectivity index (χ2v) is 5.17. The van der Waals surface area contributed by atoms with Crippen molar-refractivity contribution in [3.8, 4) is 0 Å². The molecule has 1 aromatic heterocycles. The summed E-state index contributed by atoms with van der Waals surface area (Å²) in [6.07, 6.45) is 0. The van der Waals surface area contributed by atoms with Crippen molar-refractivity contribution in [2.24, 2.45) is 0 Å².